The van der Waals surface area contributed by atoms with Gasteiger partial charge in [0.05, 0.1) is 6.42 Å². The lowest BCUT2D eigenvalue weighted by Crippen LogP contribution is -2.35. The Labute approximate surface area is 110 Å². The van der Waals surface area contributed by atoms with Gasteiger partial charge < -0.3 is 10.0 Å². The number of aliphatic carboxylic acids is 1. The molecule has 1 aliphatic rings. The number of benzene rings is 1. The van der Waals surface area contributed by atoms with Gasteiger partial charge in [-0.2, -0.15) is 0 Å². The van der Waals surface area contributed by atoms with Crippen molar-refractivity contribution in [1.29, 1.82) is 0 Å². The Kier molecular flexibility index (Phi) is 3.83. The summed E-state index contributed by atoms with van der Waals surface area (Å²) < 4.78 is 13.2. The van der Waals surface area contributed by atoms with E-state index in [4.69, 9.17) is 5.11 Å². The van der Waals surface area contributed by atoms with Gasteiger partial charge in [-0.05, 0) is 37.5 Å². The number of hydrogen-bond donors (Lipinski definition) is 1. The van der Waals surface area contributed by atoms with Gasteiger partial charge >= 0.3 is 5.97 Å². The van der Waals surface area contributed by atoms with Gasteiger partial charge in [-0.3, -0.25) is 9.59 Å². The number of halogens is 1. The summed E-state index contributed by atoms with van der Waals surface area (Å²) in [6.07, 6.45) is 1.69. The van der Waals surface area contributed by atoms with E-state index in [1.807, 2.05) is 0 Å². The number of amides is 1. The molecule has 19 heavy (non-hydrogen) atoms. The van der Waals surface area contributed by atoms with Gasteiger partial charge in [0.2, 0.25) is 0 Å². The summed E-state index contributed by atoms with van der Waals surface area (Å²) in [4.78, 5) is 24.6. The minimum atomic E-state index is -0.936. The largest absolute Gasteiger partial charge is 0.481 e. The topological polar surface area (TPSA) is 57.6 Å². The Bertz CT molecular complexity index is 511. The zero-order chi connectivity index (χ0) is 14.0. The molecule has 0 aromatic heterocycles. The summed E-state index contributed by atoms with van der Waals surface area (Å²) in [7, 11) is 0. The van der Waals surface area contributed by atoms with Crippen LogP contribution < -0.4 is 0 Å². The highest BCUT2D eigenvalue weighted by molar-refractivity contribution is 5.96. The molecule has 5 heteroatoms. The highest BCUT2D eigenvalue weighted by Gasteiger charge is 2.33. The van der Waals surface area contributed by atoms with E-state index in [0.29, 0.717) is 11.1 Å². The first kappa shape index (κ1) is 13.5. The van der Waals surface area contributed by atoms with Gasteiger partial charge in [0.1, 0.15) is 5.82 Å². The summed E-state index contributed by atoms with van der Waals surface area (Å²) in [5.74, 6) is -1.67. The van der Waals surface area contributed by atoms with Gasteiger partial charge in [-0.15, -0.1) is 0 Å². The molecule has 0 aliphatic heterocycles. The van der Waals surface area contributed by atoms with Crippen LogP contribution in [0.3, 0.4) is 0 Å². The van der Waals surface area contributed by atoms with Crippen molar-refractivity contribution in [2.45, 2.75) is 32.2 Å². The van der Waals surface area contributed by atoms with Crippen LogP contribution in [0.1, 0.15) is 35.2 Å². The molecule has 0 atom stereocenters. The van der Waals surface area contributed by atoms with Crippen LogP contribution in [0, 0.1) is 12.7 Å². The summed E-state index contributed by atoms with van der Waals surface area (Å²) in [6, 6.07) is 4.19. The van der Waals surface area contributed by atoms with Crippen molar-refractivity contribution in [2.24, 2.45) is 0 Å². The lowest BCUT2D eigenvalue weighted by Gasteiger charge is -2.22. The van der Waals surface area contributed by atoms with E-state index in [9.17, 15) is 14.0 Å². The number of carboxylic acid groups (broad SMARTS) is 1. The van der Waals surface area contributed by atoms with Crippen LogP contribution in [0.15, 0.2) is 18.2 Å². The van der Waals surface area contributed by atoms with E-state index in [2.05, 4.69) is 0 Å². The number of nitrogens with zero attached hydrogens (tertiary/aromatic N) is 1. The molecule has 1 saturated carbocycles. The van der Waals surface area contributed by atoms with Crippen LogP contribution in [0.5, 0.6) is 0 Å². The minimum Gasteiger partial charge on any atom is -0.481 e. The maximum atomic E-state index is 13.2. The van der Waals surface area contributed by atoms with E-state index in [1.165, 1.54) is 12.1 Å². The van der Waals surface area contributed by atoms with Crippen LogP contribution in [-0.4, -0.2) is 34.5 Å². The number of carbonyl (C=O) groups is 2. The van der Waals surface area contributed by atoms with Crippen LogP contribution in [0.4, 0.5) is 4.39 Å². The van der Waals surface area contributed by atoms with Gasteiger partial charge in [-0.1, -0.05) is 6.07 Å². The molecule has 0 bridgehead atoms. The molecule has 0 heterocycles. The van der Waals surface area contributed by atoms with Crippen molar-refractivity contribution < 1.29 is 19.1 Å². The van der Waals surface area contributed by atoms with Gasteiger partial charge in [-0.25, -0.2) is 4.39 Å². The third kappa shape index (κ3) is 3.30. The SMILES string of the molecule is Cc1ccc(F)cc1C(=O)N(CCC(=O)O)C1CC1. The number of carboxylic acids is 1. The lowest BCUT2D eigenvalue weighted by atomic mass is 10.1. The Morgan fingerprint density at radius 2 is 2.11 bits per heavy atom. The third-order valence-corrected chi connectivity index (χ3v) is 3.25. The first-order valence-electron chi connectivity index (χ1n) is 6.28. The van der Waals surface area contributed by atoms with Gasteiger partial charge in [0.15, 0.2) is 0 Å². The number of hydrogen-bond acceptors (Lipinski definition) is 2. The summed E-state index contributed by atoms with van der Waals surface area (Å²) in [5, 5.41) is 8.72. The summed E-state index contributed by atoms with van der Waals surface area (Å²) >= 11 is 0. The molecule has 1 N–H and O–H groups in total. The van der Waals surface area contributed by atoms with E-state index >= 15 is 0 Å². The Morgan fingerprint density at radius 1 is 1.42 bits per heavy atom. The van der Waals surface area contributed by atoms with Crippen molar-refractivity contribution >= 4 is 11.9 Å². The van der Waals surface area contributed by atoms with E-state index in [1.54, 1.807) is 17.9 Å². The fraction of sp³-hybridized carbons (Fsp3) is 0.429. The predicted octanol–water partition coefficient (Wildman–Crippen LogP) is 2.21. The second-order valence-corrected chi connectivity index (χ2v) is 4.83. The molecular formula is C14H16FNO3. The fourth-order valence-corrected chi connectivity index (χ4v) is 2.03. The molecule has 1 fully saturated rings. The van der Waals surface area contributed by atoms with E-state index in [-0.39, 0.29) is 24.9 Å². The van der Waals surface area contributed by atoms with Crippen LogP contribution in [0.25, 0.3) is 0 Å². The second-order valence-electron chi connectivity index (χ2n) is 4.83. The first-order valence-corrected chi connectivity index (χ1v) is 6.28. The molecule has 2 rings (SSSR count). The van der Waals surface area contributed by atoms with Gasteiger partial charge in [0.25, 0.3) is 5.91 Å². The minimum absolute atomic E-state index is 0.0867. The summed E-state index contributed by atoms with van der Waals surface area (Å²) in [6.45, 7) is 1.92. The number of rotatable bonds is 5. The van der Waals surface area contributed by atoms with Crippen molar-refractivity contribution in [1.82, 2.24) is 4.90 Å². The average Bonchev–Trinajstić information content (AvgIpc) is 3.16. The molecule has 1 aromatic rings. The first-order chi connectivity index (χ1) is 8.99. The van der Waals surface area contributed by atoms with E-state index in [0.717, 1.165) is 12.8 Å². The molecule has 0 radical (unpaired) electrons. The molecule has 1 aliphatic carbocycles. The molecule has 1 aromatic carbocycles. The smallest absolute Gasteiger partial charge is 0.305 e. The fourth-order valence-electron chi connectivity index (χ4n) is 2.03. The predicted molar refractivity (Wildman–Crippen MR) is 67.4 cm³/mol. The van der Waals surface area contributed by atoms with Crippen LogP contribution in [0.2, 0.25) is 0 Å². The molecule has 4 nitrogen and oxygen atoms in total. The number of carbonyl (C=O) groups excluding carboxylic acids is 1. The molecular weight excluding hydrogens is 249 g/mol. The molecule has 0 saturated heterocycles. The highest BCUT2D eigenvalue weighted by Crippen LogP contribution is 2.29. The number of aryl methyl sites for hydroxylation is 1. The normalized spacial score (nSPS) is 14.2. The third-order valence-electron chi connectivity index (χ3n) is 3.25. The maximum Gasteiger partial charge on any atom is 0.305 e. The highest BCUT2D eigenvalue weighted by atomic mass is 19.1. The molecule has 102 valence electrons. The van der Waals surface area contributed by atoms with Crippen molar-refractivity contribution in [3.63, 3.8) is 0 Å². The Morgan fingerprint density at radius 3 is 2.68 bits per heavy atom. The van der Waals surface area contributed by atoms with Crippen LogP contribution >= 0.6 is 0 Å². The quantitative estimate of drug-likeness (QED) is 0.888. The van der Waals surface area contributed by atoms with Gasteiger partial charge in [0, 0.05) is 18.2 Å². The molecule has 1 amide bonds. The van der Waals surface area contributed by atoms with Crippen molar-refractivity contribution in [2.75, 3.05) is 6.54 Å². The Balaban J connectivity index is 2.18. The summed E-state index contributed by atoms with van der Waals surface area (Å²) in [5.41, 5.74) is 1.02. The van der Waals surface area contributed by atoms with Crippen LogP contribution in [-0.2, 0) is 4.79 Å². The average molecular weight is 265 g/mol. The monoisotopic (exact) mass is 265 g/mol. The van der Waals surface area contributed by atoms with E-state index < -0.39 is 11.8 Å². The molecule has 0 spiro atoms. The molecule has 0 unspecified atom stereocenters. The van der Waals surface area contributed by atoms with Crippen molar-refractivity contribution in [3.05, 3.63) is 35.1 Å². The maximum absolute atomic E-state index is 13.2. The second kappa shape index (κ2) is 5.38. The van der Waals surface area contributed by atoms with Crippen molar-refractivity contribution in [3.8, 4) is 0 Å². The Hall–Kier alpha value is -1.91. The zero-order valence-electron chi connectivity index (χ0n) is 10.7. The standard InChI is InChI=1S/C14H16FNO3/c1-9-2-3-10(15)8-12(9)14(19)16(11-4-5-11)7-6-13(17)18/h2-3,8,11H,4-7H2,1H3,(H,17,18). The zero-order valence-corrected chi connectivity index (χ0v) is 10.7. The lowest BCUT2D eigenvalue weighted by molar-refractivity contribution is -0.137.